The van der Waals surface area contributed by atoms with Crippen molar-refractivity contribution in [3.05, 3.63) is 132 Å². The first-order valence-corrected chi connectivity index (χ1v) is 15.4. The standard InChI is InChI=1S/C38H40N2O2/c41-27-34(29-13-7-3-8-14-29)39-38(42)37(31-17-5-1-2-6-18-31)32-23-21-28(22-24-32)26-40-35-20-12-11-19-33(35)25-36(40)30-15-9-4-10-16-30/h3-4,7-16,19-25,31,34,37,41H,1-2,5-6,17-18,26-27H2,(H,39,42). The Morgan fingerprint density at radius 1 is 0.762 bits per heavy atom. The number of benzene rings is 4. The fourth-order valence-corrected chi connectivity index (χ4v) is 6.70. The number of hydrogen-bond donors (Lipinski definition) is 2. The molecular weight excluding hydrogens is 516 g/mol. The number of aromatic nitrogens is 1. The number of fused-ring (bicyclic) bond motifs is 1. The summed E-state index contributed by atoms with van der Waals surface area (Å²) in [5, 5.41) is 14.6. The van der Waals surface area contributed by atoms with Gasteiger partial charge in [0, 0.05) is 23.1 Å². The zero-order valence-electron chi connectivity index (χ0n) is 24.2. The molecule has 1 amide bonds. The molecule has 1 saturated carbocycles. The van der Waals surface area contributed by atoms with Crippen LogP contribution < -0.4 is 5.32 Å². The molecule has 6 rings (SSSR count). The van der Waals surface area contributed by atoms with E-state index in [0.717, 1.165) is 43.4 Å². The second-order valence-electron chi connectivity index (χ2n) is 11.7. The average Bonchev–Trinajstić information content (AvgIpc) is 3.19. The molecular formula is C38H40N2O2. The minimum atomic E-state index is -0.412. The summed E-state index contributed by atoms with van der Waals surface area (Å²) < 4.78 is 2.39. The number of aliphatic hydroxyl groups excluding tert-OH is 1. The van der Waals surface area contributed by atoms with E-state index in [0.29, 0.717) is 5.92 Å². The van der Waals surface area contributed by atoms with Crippen molar-refractivity contribution in [1.29, 1.82) is 0 Å². The van der Waals surface area contributed by atoms with Gasteiger partial charge in [-0.1, -0.05) is 129 Å². The van der Waals surface area contributed by atoms with Gasteiger partial charge in [0.2, 0.25) is 5.91 Å². The summed E-state index contributed by atoms with van der Waals surface area (Å²) in [6.45, 7) is 0.625. The van der Waals surface area contributed by atoms with Crippen LogP contribution in [0.15, 0.2) is 115 Å². The topological polar surface area (TPSA) is 54.3 Å². The monoisotopic (exact) mass is 556 g/mol. The van der Waals surface area contributed by atoms with Crippen LogP contribution >= 0.6 is 0 Å². The predicted octanol–water partition coefficient (Wildman–Crippen LogP) is 8.26. The van der Waals surface area contributed by atoms with Gasteiger partial charge in [0.15, 0.2) is 0 Å². The number of hydrogen-bond acceptors (Lipinski definition) is 2. The molecule has 5 aromatic rings. The number of carbonyl (C=O) groups excluding carboxylic acids is 1. The van der Waals surface area contributed by atoms with E-state index in [1.165, 1.54) is 40.6 Å². The third-order valence-corrected chi connectivity index (χ3v) is 8.91. The summed E-state index contributed by atoms with van der Waals surface area (Å²) in [4.78, 5) is 14.0. The van der Waals surface area contributed by atoms with Crippen LogP contribution in [-0.4, -0.2) is 22.2 Å². The Bertz CT molecular complexity index is 1580. The molecule has 1 aliphatic rings. The molecule has 4 nitrogen and oxygen atoms in total. The Labute approximate surface area is 249 Å². The van der Waals surface area contributed by atoms with E-state index in [1.807, 2.05) is 30.3 Å². The van der Waals surface area contributed by atoms with Crippen molar-refractivity contribution in [2.75, 3.05) is 6.61 Å². The van der Waals surface area contributed by atoms with Crippen LogP contribution in [-0.2, 0) is 11.3 Å². The summed E-state index contributed by atoms with van der Waals surface area (Å²) >= 11 is 0. The van der Waals surface area contributed by atoms with E-state index in [9.17, 15) is 9.90 Å². The highest BCUT2D eigenvalue weighted by Gasteiger charge is 2.31. The Balaban J connectivity index is 1.29. The first-order valence-electron chi connectivity index (χ1n) is 15.4. The van der Waals surface area contributed by atoms with Crippen LogP contribution in [0.5, 0.6) is 0 Å². The van der Waals surface area contributed by atoms with Gasteiger partial charge in [-0.3, -0.25) is 4.79 Å². The van der Waals surface area contributed by atoms with Crippen molar-refractivity contribution in [1.82, 2.24) is 9.88 Å². The van der Waals surface area contributed by atoms with Gasteiger partial charge < -0.3 is 15.0 Å². The van der Waals surface area contributed by atoms with Crippen LogP contribution in [0.1, 0.15) is 67.2 Å². The van der Waals surface area contributed by atoms with Crippen LogP contribution in [0, 0.1) is 5.92 Å². The normalized spacial score (nSPS) is 15.6. The third kappa shape index (κ3) is 6.19. The molecule has 4 heteroatoms. The molecule has 0 radical (unpaired) electrons. The maximum Gasteiger partial charge on any atom is 0.228 e. The Hall–Kier alpha value is -4.15. The van der Waals surface area contributed by atoms with Crippen molar-refractivity contribution in [2.24, 2.45) is 5.92 Å². The highest BCUT2D eigenvalue weighted by atomic mass is 16.3. The molecule has 1 fully saturated rings. The third-order valence-electron chi connectivity index (χ3n) is 8.91. The SMILES string of the molecule is O=C(NC(CO)c1ccccc1)C(c1ccc(Cn2c(-c3ccccc3)cc3ccccc32)cc1)C1CCCCCC1. The lowest BCUT2D eigenvalue weighted by Crippen LogP contribution is -2.37. The van der Waals surface area contributed by atoms with Gasteiger partial charge in [0.25, 0.3) is 0 Å². The average molecular weight is 557 g/mol. The summed E-state index contributed by atoms with van der Waals surface area (Å²) in [5.41, 5.74) is 6.81. The maximum absolute atomic E-state index is 14.0. The van der Waals surface area contributed by atoms with Crippen molar-refractivity contribution < 1.29 is 9.90 Å². The number of nitrogens with zero attached hydrogens (tertiary/aromatic N) is 1. The zero-order valence-corrected chi connectivity index (χ0v) is 24.2. The van der Waals surface area contributed by atoms with E-state index in [4.69, 9.17) is 0 Å². The summed E-state index contributed by atoms with van der Waals surface area (Å²) in [5.74, 6) is 0.0778. The Morgan fingerprint density at radius 3 is 2.10 bits per heavy atom. The van der Waals surface area contributed by atoms with Crippen LogP contribution in [0.2, 0.25) is 0 Å². The smallest absolute Gasteiger partial charge is 0.228 e. The quantitative estimate of drug-likeness (QED) is 0.180. The number of amides is 1. The van der Waals surface area contributed by atoms with Crippen molar-refractivity contribution in [3.8, 4) is 11.3 Å². The lowest BCUT2D eigenvalue weighted by atomic mass is 9.80. The highest BCUT2D eigenvalue weighted by molar-refractivity contribution is 5.87. The number of para-hydroxylation sites is 1. The van der Waals surface area contributed by atoms with Crippen LogP contribution in [0.3, 0.4) is 0 Å². The second kappa shape index (κ2) is 13.2. The van der Waals surface area contributed by atoms with Crippen molar-refractivity contribution in [3.63, 3.8) is 0 Å². The van der Waals surface area contributed by atoms with Crippen LogP contribution in [0.4, 0.5) is 0 Å². The van der Waals surface area contributed by atoms with Crippen molar-refractivity contribution >= 4 is 16.8 Å². The van der Waals surface area contributed by atoms with Gasteiger partial charge >= 0.3 is 0 Å². The molecule has 1 aromatic heterocycles. The number of nitrogens with one attached hydrogen (secondary N) is 1. The van der Waals surface area contributed by atoms with E-state index < -0.39 is 6.04 Å². The van der Waals surface area contributed by atoms with Crippen molar-refractivity contribution in [2.45, 2.75) is 57.0 Å². The minimum absolute atomic E-state index is 0.0142. The molecule has 0 aliphatic heterocycles. The molecule has 214 valence electrons. The van der Waals surface area contributed by atoms with E-state index in [2.05, 4.69) is 94.8 Å². The van der Waals surface area contributed by atoms with E-state index in [1.54, 1.807) is 0 Å². The molecule has 1 heterocycles. The minimum Gasteiger partial charge on any atom is -0.394 e. The molecule has 2 N–H and O–H groups in total. The van der Waals surface area contributed by atoms with Gasteiger partial charge in [-0.15, -0.1) is 0 Å². The summed E-state index contributed by atoms with van der Waals surface area (Å²) in [7, 11) is 0. The molecule has 0 spiro atoms. The van der Waals surface area contributed by atoms with Gasteiger partial charge in [0.1, 0.15) is 0 Å². The lowest BCUT2D eigenvalue weighted by molar-refractivity contribution is -0.125. The first kappa shape index (κ1) is 28.0. The lowest BCUT2D eigenvalue weighted by Gasteiger charge is -2.28. The predicted molar refractivity (Wildman–Crippen MR) is 171 cm³/mol. The fraction of sp³-hybridized carbons (Fsp3) is 0.289. The van der Waals surface area contributed by atoms with E-state index >= 15 is 0 Å². The van der Waals surface area contributed by atoms with Gasteiger partial charge in [-0.05, 0) is 53.1 Å². The largest absolute Gasteiger partial charge is 0.394 e. The molecule has 0 saturated heterocycles. The molecule has 4 aromatic carbocycles. The van der Waals surface area contributed by atoms with E-state index in [-0.39, 0.29) is 18.4 Å². The summed E-state index contributed by atoms with van der Waals surface area (Å²) in [6.07, 6.45) is 6.92. The molecule has 42 heavy (non-hydrogen) atoms. The number of aliphatic hydroxyl groups is 1. The molecule has 2 unspecified atom stereocenters. The molecule has 2 atom stereocenters. The number of carbonyl (C=O) groups is 1. The molecule has 0 bridgehead atoms. The highest BCUT2D eigenvalue weighted by Crippen LogP contribution is 2.37. The Kier molecular flexibility index (Phi) is 8.81. The van der Waals surface area contributed by atoms with Crippen LogP contribution in [0.25, 0.3) is 22.2 Å². The van der Waals surface area contributed by atoms with Gasteiger partial charge in [0.05, 0.1) is 18.6 Å². The maximum atomic E-state index is 14.0. The first-order chi connectivity index (χ1) is 20.7. The second-order valence-corrected chi connectivity index (χ2v) is 11.7. The van der Waals surface area contributed by atoms with Gasteiger partial charge in [-0.25, -0.2) is 0 Å². The molecule has 1 aliphatic carbocycles. The summed E-state index contributed by atoms with van der Waals surface area (Å²) in [6, 6.07) is 39.5. The van der Waals surface area contributed by atoms with Gasteiger partial charge in [-0.2, -0.15) is 0 Å². The number of rotatable bonds is 9. The Morgan fingerprint density at radius 2 is 1.40 bits per heavy atom. The fourth-order valence-electron chi connectivity index (χ4n) is 6.70. The zero-order chi connectivity index (χ0) is 28.7.